The summed E-state index contributed by atoms with van der Waals surface area (Å²) in [7, 11) is -3.96. The fourth-order valence-electron chi connectivity index (χ4n) is 2.36. The molecule has 142 valence electrons. The van der Waals surface area contributed by atoms with Crippen molar-refractivity contribution < 1.29 is 16.8 Å². The van der Waals surface area contributed by atoms with Crippen LogP contribution in [0.5, 0.6) is 0 Å². The Kier molecular flexibility index (Phi) is 6.57. The minimum atomic E-state index is -3.48. The fraction of sp³-hybridized carbons (Fsp3) is 0.333. The van der Waals surface area contributed by atoms with E-state index in [0.717, 1.165) is 21.0 Å². The van der Waals surface area contributed by atoms with Crippen molar-refractivity contribution >= 4 is 20.0 Å². The Morgan fingerprint density at radius 1 is 0.923 bits per heavy atom. The summed E-state index contributed by atoms with van der Waals surface area (Å²) in [5.41, 5.74) is 2.74. The molecule has 0 saturated carbocycles. The van der Waals surface area contributed by atoms with Gasteiger partial charge in [-0.15, -0.1) is 0 Å². The number of benzene rings is 2. The van der Waals surface area contributed by atoms with Gasteiger partial charge in [0.15, 0.2) is 0 Å². The van der Waals surface area contributed by atoms with Crippen LogP contribution in [0.15, 0.2) is 53.4 Å². The minimum Gasteiger partial charge on any atom is -0.212 e. The fourth-order valence-corrected chi connectivity index (χ4v) is 4.29. The lowest BCUT2D eigenvalue weighted by Crippen LogP contribution is -2.27. The number of nitrogens with one attached hydrogen (secondary N) is 1. The zero-order chi connectivity index (χ0) is 19.4. The van der Waals surface area contributed by atoms with Crippen LogP contribution in [0.2, 0.25) is 0 Å². The van der Waals surface area contributed by atoms with E-state index < -0.39 is 20.0 Å². The number of aryl methyl sites for hydroxylation is 2. The van der Waals surface area contributed by atoms with E-state index >= 15 is 0 Å². The molecule has 0 radical (unpaired) electrons. The monoisotopic (exact) mass is 396 g/mol. The van der Waals surface area contributed by atoms with Crippen LogP contribution in [-0.2, 0) is 33.0 Å². The van der Waals surface area contributed by atoms with Crippen molar-refractivity contribution in [3.63, 3.8) is 0 Å². The van der Waals surface area contributed by atoms with E-state index in [4.69, 9.17) is 0 Å². The summed E-state index contributed by atoms with van der Waals surface area (Å²) in [4.78, 5) is 0.187. The maximum atomic E-state index is 12.2. The largest absolute Gasteiger partial charge is 0.242 e. The normalized spacial score (nSPS) is 12.5. The van der Waals surface area contributed by atoms with Crippen molar-refractivity contribution in [3.8, 4) is 0 Å². The van der Waals surface area contributed by atoms with Crippen LogP contribution in [0, 0.1) is 6.92 Å². The summed E-state index contributed by atoms with van der Waals surface area (Å²) in [6, 6.07) is 13.9. The van der Waals surface area contributed by atoms with Crippen LogP contribution >= 0.6 is 0 Å². The summed E-state index contributed by atoms with van der Waals surface area (Å²) in [5, 5.41) is 0. The van der Waals surface area contributed by atoms with Gasteiger partial charge in [-0.25, -0.2) is 25.9 Å². The molecule has 2 aromatic rings. The third-order valence-corrected chi connectivity index (χ3v) is 7.26. The topological polar surface area (TPSA) is 83.5 Å². The van der Waals surface area contributed by atoms with Crippen LogP contribution in [0.25, 0.3) is 0 Å². The quantitative estimate of drug-likeness (QED) is 0.739. The molecule has 0 bridgehead atoms. The van der Waals surface area contributed by atoms with Gasteiger partial charge in [-0.3, -0.25) is 0 Å². The lowest BCUT2D eigenvalue weighted by atomic mass is 10.1. The lowest BCUT2D eigenvalue weighted by Gasteiger charge is -2.12. The Morgan fingerprint density at radius 3 is 2.12 bits per heavy atom. The molecule has 2 rings (SSSR count). The molecule has 0 saturated heterocycles. The van der Waals surface area contributed by atoms with Crippen molar-refractivity contribution in [2.24, 2.45) is 0 Å². The average Bonchev–Trinajstić information content (AvgIpc) is 2.60. The first-order chi connectivity index (χ1) is 12.1. The van der Waals surface area contributed by atoms with Crippen LogP contribution in [0.3, 0.4) is 0 Å². The third kappa shape index (κ3) is 5.38. The van der Waals surface area contributed by atoms with E-state index in [-0.39, 0.29) is 17.2 Å². The third-order valence-electron chi connectivity index (χ3n) is 4.11. The van der Waals surface area contributed by atoms with Gasteiger partial charge in [-0.2, -0.15) is 0 Å². The molecule has 2 aromatic carbocycles. The molecule has 6 nitrogen and oxygen atoms in total. The second-order valence-corrected chi connectivity index (χ2v) is 10.3. The standard InChI is InChI=1S/C18H24N2O4S2/c1-15-6-4-5-7-17(15)14-19-25(21,22)13-12-16-8-10-18(11-9-16)26(23,24)20(2)3/h4-11,19H,12-14H2,1-3H3. The van der Waals surface area contributed by atoms with Crippen LogP contribution in [0.4, 0.5) is 0 Å². The Labute approximate surface area is 156 Å². The van der Waals surface area contributed by atoms with E-state index in [1.165, 1.54) is 26.2 Å². The van der Waals surface area contributed by atoms with Gasteiger partial charge in [-0.1, -0.05) is 36.4 Å². The summed E-state index contributed by atoms with van der Waals surface area (Å²) in [6.07, 6.45) is 0.311. The van der Waals surface area contributed by atoms with Gasteiger partial charge in [0.25, 0.3) is 0 Å². The molecule has 0 fully saturated rings. The number of hydrogen-bond donors (Lipinski definition) is 1. The van der Waals surface area contributed by atoms with Gasteiger partial charge in [0.2, 0.25) is 20.0 Å². The Balaban J connectivity index is 1.96. The SMILES string of the molecule is Cc1ccccc1CNS(=O)(=O)CCc1ccc(S(=O)(=O)N(C)C)cc1. The molecule has 0 unspecified atom stereocenters. The maximum absolute atomic E-state index is 12.2. The van der Waals surface area contributed by atoms with Gasteiger partial charge in [0, 0.05) is 20.6 Å². The minimum absolute atomic E-state index is 0.0569. The average molecular weight is 397 g/mol. The molecule has 0 atom stereocenters. The highest BCUT2D eigenvalue weighted by Crippen LogP contribution is 2.14. The number of hydrogen-bond acceptors (Lipinski definition) is 4. The lowest BCUT2D eigenvalue weighted by molar-refractivity contribution is 0.520. The van der Waals surface area contributed by atoms with E-state index in [0.29, 0.717) is 6.42 Å². The molecule has 8 heteroatoms. The highest BCUT2D eigenvalue weighted by Gasteiger charge is 2.17. The molecule has 0 aliphatic heterocycles. The highest BCUT2D eigenvalue weighted by atomic mass is 32.2. The molecule has 0 heterocycles. The predicted octanol–water partition coefficient (Wildman–Crippen LogP) is 1.91. The first-order valence-electron chi connectivity index (χ1n) is 8.15. The van der Waals surface area contributed by atoms with Crippen LogP contribution in [-0.4, -0.2) is 41.0 Å². The first-order valence-corrected chi connectivity index (χ1v) is 11.2. The second-order valence-electron chi connectivity index (χ2n) is 6.25. The van der Waals surface area contributed by atoms with Gasteiger partial charge in [0.1, 0.15) is 0 Å². The molecule has 0 aliphatic carbocycles. The Bertz CT molecular complexity index is 951. The maximum Gasteiger partial charge on any atom is 0.242 e. The van der Waals surface area contributed by atoms with E-state index in [2.05, 4.69) is 4.72 Å². The van der Waals surface area contributed by atoms with E-state index in [1.54, 1.807) is 12.1 Å². The Morgan fingerprint density at radius 2 is 1.54 bits per heavy atom. The van der Waals surface area contributed by atoms with Crippen molar-refractivity contribution in [1.82, 2.24) is 9.03 Å². The van der Waals surface area contributed by atoms with Gasteiger partial charge in [0.05, 0.1) is 10.6 Å². The first kappa shape index (κ1) is 20.6. The molecule has 0 spiro atoms. The van der Waals surface area contributed by atoms with E-state index in [1.807, 2.05) is 31.2 Å². The molecule has 0 amide bonds. The van der Waals surface area contributed by atoms with Crippen LogP contribution in [0.1, 0.15) is 16.7 Å². The highest BCUT2D eigenvalue weighted by molar-refractivity contribution is 7.89. The van der Waals surface area contributed by atoms with Gasteiger partial charge < -0.3 is 0 Å². The molecule has 0 aliphatic rings. The van der Waals surface area contributed by atoms with Crippen molar-refractivity contribution in [2.45, 2.75) is 24.8 Å². The summed E-state index contributed by atoms with van der Waals surface area (Å²) in [6.45, 7) is 2.20. The summed E-state index contributed by atoms with van der Waals surface area (Å²) < 4.78 is 52.2. The van der Waals surface area contributed by atoms with Crippen LogP contribution < -0.4 is 4.72 Å². The predicted molar refractivity (Wildman–Crippen MR) is 103 cm³/mol. The van der Waals surface area contributed by atoms with Gasteiger partial charge in [-0.05, 0) is 42.2 Å². The zero-order valence-corrected chi connectivity index (χ0v) is 16.8. The van der Waals surface area contributed by atoms with E-state index in [9.17, 15) is 16.8 Å². The molecule has 26 heavy (non-hydrogen) atoms. The smallest absolute Gasteiger partial charge is 0.212 e. The molecule has 1 N–H and O–H groups in total. The summed E-state index contributed by atoms with van der Waals surface area (Å²) in [5.74, 6) is -0.0569. The number of rotatable bonds is 8. The van der Waals surface area contributed by atoms with Crippen molar-refractivity contribution in [3.05, 3.63) is 65.2 Å². The molecule has 0 aromatic heterocycles. The number of sulfonamides is 2. The zero-order valence-electron chi connectivity index (χ0n) is 15.1. The molecular weight excluding hydrogens is 372 g/mol. The van der Waals surface area contributed by atoms with Crippen molar-refractivity contribution in [2.75, 3.05) is 19.8 Å². The summed E-state index contributed by atoms with van der Waals surface area (Å²) >= 11 is 0. The van der Waals surface area contributed by atoms with Crippen molar-refractivity contribution in [1.29, 1.82) is 0 Å². The Hall–Kier alpha value is -1.74. The molecular formula is C18H24N2O4S2. The van der Waals surface area contributed by atoms with Gasteiger partial charge >= 0.3 is 0 Å². The second kappa shape index (κ2) is 8.30. The number of nitrogens with zero attached hydrogens (tertiary/aromatic N) is 1.